The predicted molar refractivity (Wildman–Crippen MR) is 234 cm³/mol. The predicted octanol–water partition coefficient (Wildman–Crippen LogP) is 13.2. The highest BCUT2D eigenvalue weighted by Crippen LogP contribution is 2.38. The first kappa shape index (κ1) is 33.2. The molecule has 0 saturated heterocycles. The highest BCUT2D eigenvalue weighted by atomic mass is 15.0. The number of amidine groups is 1. The van der Waals surface area contributed by atoms with Gasteiger partial charge in [0.2, 0.25) is 0 Å². The topological polar surface area (TPSA) is 37.3 Å². The lowest BCUT2D eigenvalue weighted by Crippen LogP contribution is -2.31. The summed E-state index contributed by atoms with van der Waals surface area (Å²) in [5.74, 6) is 0.830. The number of aromatic nitrogens is 1. The average molecular weight is 716 g/mol. The fraction of sp³-hybridized carbons (Fsp3) is 0.0189. The van der Waals surface area contributed by atoms with Crippen molar-refractivity contribution in [2.75, 3.05) is 0 Å². The van der Waals surface area contributed by atoms with E-state index in [-0.39, 0.29) is 6.04 Å². The van der Waals surface area contributed by atoms with E-state index in [4.69, 9.17) is 9.98 Å². The fourth-order valence-electron chi connectivity index (χ4n) is 7.86. The zero-order valence-electron chi connectivity index (χ0n) is 30.7. The average Bonchev–Trinajstić information content (AvgIpc) is 3.29. The summed E-state index contributed by atoms with van der Waals surface area (Å²) in [5.41, 5.74) is 14.3. The van der Waals surface area contributed by atoms with Gasteiger partial charge in [-0.15, -0.1) is 0 Å². The highest BCUT2D eigenvalue weighted by Gasteiger charge is 2.22. The van der Waals surface area contributed by atoms with Gasteiger partial charge in [0.05, 0.1) is 22.9 Å². The molecular formula is C53H37N3. The minimum atomic E-state index is -0.137. The maximum atomic E-state index is 5.33. The largest absolute Gasteiger partial charge is 0.359 e. The second kappa shape index (κ2) is 14.5. The van der Waals surface area contributed by atoms with E-state index >= 15 is 0 Å². The van der Waals surface area contributed by atoms with Crippen molar-refractivity contribution in [1.82, 2.24) is 10.3 Å². The fourth-order valence-corrected chi connectivity index (χ4v) is 7.86. The molecule has 0 amide bonds. The summed E-state index contributed by atoms with van der Waals surface area (Å²) in [6, 6.07) is 72.9. The molecule has 10 rings (SSSR count). The van der Waals surface area contributed by atoms with Crippen LogP contribution in [0, 0.1) is 0 Å². The SMILES string of the molecule is C1=C(c2ccccc2)N=C(c2ccc3ccc4nc(-c5ccccc5)cc(-c5ccccc5)c4c3c2)NC1c1cc(-c2ccccc2)cc(-c2ccccc2)c1. The Balaban J connectivity index is 1.14. The third-order valence-corrected chi connectivity index (χ3v) is 10.7. The van der Waals surface area contributed by atoms with Gasteiger partial charge in [-0.1, -0.05) is 170 Å². The molecule has 264 valence electrons. The van der Waals surface area contributed by atoms with E-state index in [0.29, 0.717) is 0 Å². The number of hydrogen-bond donors (Lipinski definition) is 1. The second-order valence-electron chi connectivity index (χ2n) is 14.3. The molecule has 0 aliphatic carbocycles. The molecule has 1 aliphatic rings. The monoisotopic (exact) mass is 715 g/mol. The van der Waals surface area contributed by atoms with Crippen molar-refractivity contribution >= 4 is 33.2 Å². The Bertz CT molecular complexity index is 2840. The van der Waals surface area contributed by atoms with Gasteiger partial charge in [0.25, 0.3) is 0 Å². The van der Waals surface area contributed by atoms with Crippen LogP contribution in [-0.4, -0.2) is 10.8 Å². The van der Waals surface area contributed by atoms with Gasteiger partial charge in [-0.25, -0.2) is 9.98 Å². The van der Waals surface area contributed by atoms with Crippen molar-refractivity contribution < 1.29 is 0 Å². The van der Waals surface area contributed by atoms with Gasteiger partial charge in [-0.2, -0.15) is 0 Å². The third kappa shape index (κ3) is 6.46. The smallest absolute Gasteiger partial charge is 0.134 e. The van der Waals surface area contributed by atoms with E-state index in [9.17, 15) is 0 Å². The zero-order chi connectivity index (χ0) is 37.3. The van der Waals surface area contributed by atoms with Gasteiger partial charge in [-0.05, 0) is 97.8 Å². The standard InChI is InChI=1S/C53H37N3/c1-6-16-36(17-7-1)43-30-44(37-18-8-2-9-19-37)32-45(31-43)51-35-50(41-24-14-5-15-25-41)55-53(56-51)42-27-26-39-28-29-48-52(46(39)33-42)47(38-20-10-3-11-21-38)34-49(54-48)40-22-12-4-13-23-40/h1-35,51H,(H,55,56). The van der Waals surface area contributed by atoms with Gasteiger partial charge in [0.1, 0.15) is 5.84 Å². The molecule has 8 aromatic carbocycles. The van der Waals surface area contributed by atoms with Crippen LogP contribution >= 0.6 is 0 Å². The Morgan fingerprint density at radius 1 is 0.411 bits per heavy atom. The van der Waals surface area contributed by atoms with Gasteiger partial charge in [0, 0.05) is 16.5 Å². The molecule has 2 heterocycles. The maximum Gasteiger partial charge on any atom is 0.134 e. The van der Waals surface area contributed by atoms with Crippen LogP contribution in [0.25, 0.3) is 72.0 Å². The Labute approximate surface area is 327 Å². The molecule has 0 spiro atoms. The lowest BCUT2D eigenvalue weighted by Gasteiger charge is -2.26. The Kier molecular flexibility index (Phi) is 8.58. The number of hydrogen-bond acceptors (Lipinski definition) is 3. The van der Waals surface area contributed by atoms with Crippen molar-refractivity contribution in [1.29, 1.82) is 0 Å². The van der Waals surface area contributed by atoms with Crippen LogP contribution < -0.4 is 5.32 Å². The van der Waals surface area contributed by atoms with Crippen molar-refractivity contribution in [3.63, 3.8) is 0 Å². The van der Waals surface area contributed by atoms with Crippen LogP contribution in [0.5, 0.6) is 0 Å². The van der Waals surface area contributed by atoms with Crippen molar-refractivity contribution in [3.05, 3.63) is 229 Å². The number of pyridine rings is 1. The van der Waals surface area contributed by atoms with Crippen LogP contribution in [0.15, 0.2) is 217 Å². The molecule has 1 aliphatic heterocycles. The first-order valence-corrected chi connectivity index (χ1v) is 19.1. The highest BCUT2D eigenvalue weighted by molar-refractivity contribution is 6.16. The third-order valence-electron chi connectivity index (χ3n) is 10.7. The number of fused-ring (bicyclic) bond motifs is 3. The number of nitrogens with zero attached hydrogens (tertiary/aromatic N) is 2. The summed E-state index contributed by atoms with van der Waals surface area (Å²) < 4.78 is 0. The Morgan fingerprint density at radius 2 is 0.946 bits per heavy atom. The summed E-state index contributed by atoms with van der Waals surface area (Å²) in [7, 11) is 0. The van der Waals surface area contributed by atoms with E-state index in [1.54, 1.807) is 0 Å². The van der Waals surface area contributed by atoms with Crippen LogP contribution in [-0.2, 0) is 0 Å². The summed E-state index contributed by atoms with van der Waals surface area (Å²) in [6.45, 7) is 0. The molecule has 0 bridgehead atoms. The van der Waals surface area contributed by atoms with Gasteiger partial charge in [0.15, 0.2) is 0 Å². The molecule has 0 saturated carbocycles. The van der Waals surface area contributed by atoms with E-state index in [2.05, 4.69) is 212 Å². The maximum absolute atomic E-state index is 5.33. The Hall–Kier alpha value is -7.36. The molecule has 1 N–H and O–H groups in total. The summed E-state index contributed by atoms with van der Waals surface area (Å²) in [4.78, 5) is 10.6. The van der Waals surface area contributed by atoms with Crippen molar-refractivity contribution in [3.8, 4) is 44.6 Å². The number of rotatable bonds is 7. The minimum Gasteiger partial charge on any atom is -0.359 e. The minimum absolute atomic E-state index is 0.137. The normalized spacial score (nSPS) is 13.9. The molecule has 0 fully saturated rings. The van der Waals surface area contributed by atoms with Crippen LogP contribution in [0.1, 0.15) is 22.7 Å². The van der Waals surface area contributed by atoms with E-state index in [1.807, 2.05) is 6.07 Å². The zero-order valence-corrected chi connectivity index (χ0v) is 30.7. The molecule has 1 unspecified atom stereocenters. The number of aliphatic imine (C=N–C) groups is 1. The number of nitrogens with one attached hydrogen (secondary N) is 1. The first-order chi connectivity index (χ1) is 27.7. The number of benzene rings is 8. The van der Waals surface area contributed by atoms with E-state index in [1.165, 1.54) is 27.8 Å². The quantitative estimate of drug-likeness (QED) is 0.167. The first-order valence-electron chi connectivity index (χ1n) is 19.1. The van der Waals surface area contributed by atoms with E-state index < -0.39 is 0 Å². The molecule has 0 radical (unpaired) electrons. The van der Waals surface area contributed by atoms with Gasteiger partial charge < -0.3 is 5.32 Å². The second-order valence-corrected chi connectivity index (χ2v) is 14.3. The Morgan fingerprint density at radius 3 is 1.55 bits per heavy atom. The lowest BCUT2D eigenvalue weighted by atomic mass is 9.91. The summed E-state index contributed by atoms with van der Waals surface area (Å²) >= 11 is 0. The molecule has 56 heavy (non-hydrogen) atoms. The molecule has 3 nitrogen and oxygen atoms in total. The van der Waals surface area contributed by atoms with Crippen molar-refractivity contribution in [2.24, 2.45) is 4.99 Å². The van der Waals surface area contributed by atoms with Crippen LogP contribution in [0.2, 0.25) is 0 Å². The lowest BCUT2D eigenvalue weighted by molar-refractivity contribution is 0.781. The molecular weight excluding hydrogens is 679 g/mol. The van der Waals surface area contributed by atoms with Crippen LogP contribution in [0.4, 0.5) is 0 Å². The molecule has 9 aromatic rings. The summed E-state index contributed by atoms with van der Waals surface area (Å²) in [6.07, 6.45) is 2.26. The van der Waals surface area contributed by atoms with Crippen molar-refractivity contribution in [2.45, 2.75) is 6.04 Å². The molecule has 1 atom stereocenters. The van der Waals surface area contributed by atoms with E-state index in [0.717, 1.165) is 66.7 Å². The summed E-state index contributed by atoms with van der Waals surface area (Å²) in [5, 5.41) is 7.31. The van der Waals surface area contributed by atoms with Gasteiger partial charge >= 0.3 is 0 Å². The van der Waals surface area contributed by atoms with Crippen LogP contribution in [0.3, 0.4) is 0 Å². The van der Waals surface area contributed by atoms with Gasteiger partial charge in [-0.3, -0.25) is 0 Å². The molecule has 1 aromatic heterocycles. The molecule has 3 heteroatoms.